The zero-order valence-electron chi connectivity index (χ0n) is 3.32. The van der Waals surface area contributed by atoms with Gasteiger partial charge in [0.25, 0.3) is 0 Å². The summed E-state index contributed by atoms with van der Waals surface area (Å²) < 4.78 is 9.56. The van der Waals surface area contributed by atoms with Crippen LogP contribution in [0.15, 0.2) is 0 Å². The lowest BCUT2D eigenvalue weighted by Gasteiger charge is -1.66. The van der Waals surface area contributed by atoms with Crippen molar-refractivity contribution in [1.82, 2.24) is 0 Å². The summed E-state index contributed by atoms with van der Waals surface area (Å²) in [4.78, 5) is 0. The maximum absolute atomic E-state index is 9.56. The van der Waals surface area contributed by atoms with E-state index in [-0.39, 0.29) is 9.41 Å². The Morgan fingerprint density at radius 3 is 2.40 bits per heavy atom. The Morgan fingerprint density at radius 2 is 2.40 bits per heavy atom. The van der Waals surface area contributed by atoms with Crippen LogP contribution in [0.3, 0.4) is 0 Å². The second kappa shape index (κ2) is 4.02. The fourth-order valence-corrected chi connectivity index (χ4v) is 0.306. The minimum Gasteiger partial charge on any atom is -0.385 e. The van der Waals surface area contributed by atoms with Crippen LogP contribution in [0.25, 0.3) is 0 Å². The third-order valence-corrected chi connectivity index (χ3v) is 1.06. The van der Waals surface area contributed by atoms with E-state index in [1.165, 1.54) is 0 Å². The van der Waals surface area contributed by atoms with E-state index >= 15 is 0 Å². The average Bonchev–Trinajstić information content (AvgIpc) is 1.41. The molecule has 0 amide bonds. The van der Waals surface area contributed by atoms with Gasteiger partial charge in [0, 0.05) is 0 Å². The first-order valence-corrected chi connectivity index (χ1v) is 2.88. The van der Waals surface area contributed by atoms with Gasteiger partial charge in [0.1, 0.15) is 0 Å². The summed E-state index contributed by atoms with van der Waals surface area (Å²) in [6, 6.07) is 0.861. The van der Waals surface area contributed by atoms with Crippen molar-refractivity contribution in [2.45, 2.75) is 19.4 Å². The van der Waals surface area contributed by atoms with Gasteiger partial charge in [0.2, 0.25) is 0 Å². The Morgan fingerprint density at radius 1 is 1.80 bits per heavy atom. The Bertz CT molecular complexity index is 28.1. The van der Waals surface area contributed by atoms with E-state index in [4.69, 9.17) is 0 Å². The zero-order valence-corrected chi connectivity index (χ0v) is 4.32. The van der Waals surface area contributed by atoms with Crippen LogP contribution in [0.1, 0.15) is 13.3 Å². The molecule has 0 aromatic rings. The smallest absolute Gasteiger partial charge is 0.325 e. The molecule has 0 spiro atoms. The van der Waals surface area contributed by atoms with Crippen LogP contribution in [-0.2, 0) is 4.46 Å². The van der Waals surface area contributed by atoms with Crippen molar-refractivity contribution in [2.75, 3.05) is 0 Å². The van der Waals surface area contributed by atoms with Crippen molar-refractivity contribution in [3.05, 3.63) is 0 Å². The first-order valence-electron chi connectivity index (χ1n) is 1.76. The molecule has 0 heterocycles. The van der Waals surface area contributed by atoms with Gasteiger partial charge in [-0.1, -0.05) is 13.3 Å². The topological polar surface area (TPSA) is 17.1 Å². The Hall–Kier alpha value is 0.0169. The molecule has 0 N–H and O–H groups in total. The van der Waals surface area contributed by atoms with Crippen LogP contribution in [0, 0.1) is 0 Å². The number of rotatable bonds is 2. The highest BCUT2D eigenvalue weighted by molar-refractivity contribution is 6.16. The monoisotopic (exact) mass is 87.0 g/mol. The van der Waals surface area contributed by atoms with Gasteiger partial charge in [0.05, 0.1) is 0 Å². The van der Waals surface area contributed by atoms with E-state index in [0.717, 1.165) is 12.5 Å². The fourth-order valence-electron chi connectivity index (χ4n) is 0.102. The van der Waals surface area contributed by atoms with Crippen LogP contribution in [-0.4, -0.2) is 9.41 Å². The quantitative estimate of drug-likeness (QED) is 0.457. The standard InChI is InChI=1S/C3H7OSi/c1-2-3-5-4/h2-3H2,1H3. The summed E-state index contributed by atoms with van der Waals surface area (Å²) in [7, 11) is -0.0922. The largest absolute Gasteiger partial charge is 0.385 e. The van der Waals surface area contributed by atoms with Crippen LogP contribution in [0.2, 0.25) is 6.04 Å². The third-order valence-electron chi connectivity index (χ3n) is 0.352. The van der Waals surface area contributed by atoms with Crippen molar-refractivity contribution >= 4 is 9.41 Å². The summed E-state index contributed by atoms with van der Waals surface area (Å²) in [5, 5.41) is 0. The molecule has 0 fully saturated rings. The number of hydrogen-bond acceptors (Lipinski definition) is 1. The molecular weight excluding hydrogens is 80.1 g/mol. The molecule has 29 valence electrons. The summed E-state index contributed by atoms with van der Waals surface area (Å²) in [6.07, 6.45) is 1.04. The van der Waals surface area contributed by atoms with Crippen LogP contribution in [0.5, 0.6) is 0 Å². The molecule has 1 radical (unpaired) electrons. The Balaban J connectivity index is 2.40. The lowest BCUT2D eigenvalue weighted by molar-refractivity contribution is 0.575. The molecule has 1 nitrogen and oxygen atoms in total. The lowest BCUT2D eigenvalue weighted by Crippen LogP contribution is -1.65. The zero-order chi connectivity index (χ0) is 4.12. The van der Waals surface area contributed by atoms with Crippen molar-refractivity contribution < 1.29 is 4.46 Å². The van der Waals surface area contributed by atoms with Crippen molar-refractivity contribution in [2.24, 2.45) is 0 Å². The van der Waals surface area contributed by atoms with Gasteiger partial charge >= 0.3 is 9.41 Å². The van der Waals surface area contributed by atoms with E-state index in [1.54, 1.807) is 0 Å². The molecule has 0 aliphatic carbocycles. The number of hydrogen-bond donors (Lipinski definition) is 0. The molecule has 0 bridgehead atoms. The van der Waals surface area contributed by atoms with Gasteiger partial charge < -0.3 is 4.46 Å². The maximum atomic E-state index is 9.56. The Labute approximate surface area is 34.3 Å². The van der Waals surface area contributed by atoms with Crippen LogP contribution in [0.4, 0.5) is 0 Å². The molecule has 0 aliphatic rings. The van der Waals surface area contributed by atoms with Crippen molar-refractivity contribution in [3.8, 4) is 0 Å². The average molecular weight is 87.2 g/mol. The lowest BCUT2D eigenvalue weighted by atomic mass is 10.6. The van der Waals surface area contributed by atoms with E-state index in [2.05, 4.69) is 0 Å². The molecule has 0 aliphatic heterocycles. The summed E-state index contributed by atoms with van der Waals surface area (Å²) in [6.45, 7) is 2.02. The van der Waals surface area contributed by atoms with Gasteiger partial charge in [-0.15, -0.1) is 0 Å². The minimum atomic E-state index is -0.0922. The molecule has 0 saturated carbocycles. The third kappa shape index (κ3) is 4.02. The highest BCUT2D eigenvalue weighted by atomic mass is 28.2. The van der Waals surface area contributed by atoms with Crippen molar-refractivity contribution in [1.29, 1.82) is 0 Å². The molecule has 0 unspecified atom stereocenters. The Kier molecular flexibility index (Phi) is 4.03. The summed E-state index contributed by atoms with van der Waals surface area (Å²) in [5.74, 6) is 0. The van der Waals surface area contributed by atoms with E-state index in [0.29, 0.717) is 0 Å². The normalized spacial score (nSPS) is 7.40. The van der Waals surface area contributed by atoms with Gasteiger partial charge in [-0.25, -0.2) is 0 Å². The predicted octanol–water partition coefficient (Wildman–Crippen LogP) is 0.864. The first-order chi connectivity index (χ1) is 2.41. The molecule has 2 heteroatoms. The van der Waals surface area contributed by atoms with Crippen LogP contribution < -0.4 is 0 Å². The predicted molar refractivity (Wildman–Crippen MR) is 21.5 cm³/mol. The van der Waals surface area contributed by atoms with Crippen molar-refractivity contribution in [3.63, 3.8) is 0 Å². The SMILES string of the molecule is CCC[Si]=O. The molecule has 5 heavy (non-hydrogen) atoms. The van der Waals surface area contributed by atoms with E-state index < -0.39 is 0 Å². The van der Waals surface area contributed by atoms with E-state index in [9.17, 15) is 4.46 Å². The molecular formula is C3H7OSi. The molecule has 0 saturated heterocycles. The fraction of sp³-hybridized carbons (Fsp3) is 1.00. The second-order valence-electron chi connectivity index (χ2n) is 0.894. The highest BCUT2D eigenvalue weighted by Gasteiger charge is 1.71. The second-order valence-corrected chi connectivity index (χ2v) is 1.68. The van der Waals surface area contributed by atoms with Gasteiger partial charge in [-0.05, 0) is 6.04 Å². The first kappa shape index (κ1) is 5.02. The molecule has 0 atom stereocenters. The van der Waals surface area contributed by atoms with Crippen LogP contribution >= 0.6 is 0 Å². The molecule has 0 aromatic carbocycles. The summed E-state index contributed by atoms with van der Waals surface area (Å²) >= 11 is 0. The minimum absolute atomic E-state index is 0.0922. The summed E-state index contributed by atoms with van der Waals surface area (Å²) in [5.41, 5.74) is 0. The van der Waals surface area contributed by atoms with Gasteiger partial charge in [0.15, 0.2) is 0 Å². The molecule has 0 aromatic heterocycles. The molecule has 0 rings (SSSR count). The highest BCUT2D eigenvalue weighted by Crippen LogP contribution is 1.76. The van der Waals surface area contributed by atoms with Gasteiger partial charge in [-0.3, -0.25) is 0 Å². The maximum Gasteiger partial charge on any atom is 0.325 e. The van der Waals surface area contributed by atoms with E-state index in [1.807, 2.05) is 6.92 Å². The van der Waals surface area contributed by atoms with Gasteiger partial charge in [-0.2, -0.15) is 0 Å².